The zero-order chi connectivity index (χ0) is 24.4. The Balaban J connectivity index is 1.36. The molecule has 1 aliphatic heterocycles. The van der Waals surface area contributed by atoms with Crippen LogP contribution in [-0.4, -0.2) is 41.5 Å². The number of nitrogens with zero attached hydrogens (tertiary/aromatic N) is 1. The van der Waals surface area contributed by atoms with Crippen LogP contribution < -0.4 is 9.47 Å². The highest BCUT2D eigenvalue weighted by molar-refractivity contribution is 7.21. The van der Waals surface area contributed by atoms with Crippen LogP contribution in [0.1, 0.15) is 35.0 Å². The zero-order valence-electron chi connectivity index (χ0n) is 19.4. The van der Waals surface area contributed by atoms with E-state index < -0.39 is 5.82 Å². The molecule has 0 spiro atoms. The van der Waals surface area contributed by atoms with Gasteiger partial charge in [-0.2, -0.15) is 0 Å². The van der Waals surface area contributed by atoms with Gasteiger partial charge in [0, 0.05) is 28.7 Å². The highest BCUT2D eigenvalue weighted by Gasteiger charge is 2.27. The maximum atomic E-state index is 13.8. The molecule has 7 heteroatoms. The normalized spacial score (nSPS) is 14.1. The molecule has 0 unspecified atom stereocenters. The number of ketones is 1. The molecule has 1 aliphatic rings. The number of phenolic OH excluding ortho intramolecular Hbond substituents is 1. The van der Waals surface area contributed by atoms with Gasteiger partial charge in [0.15, 0.2) is 5.75 Å². The van der Waals surface area contributed by atoms with E-state index in [1.54, 1.807) is 24.3 Å². The number of hydrogen-bond acceptors (Lipinski definition) is 6. The fraction of sp³-hybridized carbons (Fsp3) is 0.250. The third-order valence-corrected chi connectivity index (χ3v) is 7.15. The molecule has 180 valence electrons. The van der Waals surface area contributed by atoms with Crippen LogP contribution in [-0.2, 0) is 0 Å². The Morgan fingerprint density at radius 1 is 1.09 bits per heavy atom. The first-order chi connectivity index (χ1) is 17.0. The van der Waals surface area contributed by atoms with Gasteiger partial charge in [-0.3, -0.25) is 9.69 Å². The molecule has 5 nitrogen and oxygen atoms in total. The minimum absolute atomic E-state index is 0.0980. The molecule has 35 heavy (non-hydrogen) atoms. The third-order valence-electron chi connectivity index (χ3n) is 6.02. The summed E-state index contributed by atoms with van der Waals surface area (Å²) in [5.74, 6) is 0.995. The summed E-state index contributed by atoms with van der Waals surface area (Å²) in [5.41, 5.74) is 0.239. The summed E-state index contributed by atoms with van der Waals surface area (Å²) < 4.78 is 26.7. The van der Waals surface area contributed by atoms with Gasteiger partial charge in [0.05, 0.1) is 0 Å². The zero-order valence-corrected chi connectivity index (χ0v) is 20.2. The van der Waals surface area contributed by atoms with Gasteiger partial charge in [-0.1, -0.05) is 25.5 Å². The summed E-state index contributed by atoms with van der Waals surface area (Å²) in [7, 11) is 0. The standard InChI is InChI=1S/C28H26FNO4S/c1-2-3-13-30-16-23(17-30)33-21-8-10-22(11-9-21)34-27-24-12-7-20(31)15-25(24)35-28(27)26(32)18-5-4-6-19(29)14-18/h4-12,14-15,23,31H,2-3,13,16-17H2,1H3. The Morgan fingerprint density at radius 2 is 1.86 bits per heavy atom. The van der Waals surface area contributed by atoms with Crippen LogP contribution in [0.15, 0.2) is 66.7 Å². The number of phenols is 1. The van der Waals surface area contributed by atoms with E-state index in [2.05, 4.69) is 11.8 Å². The molecule has 2 heterocycles. The fourth-order valence-corrected chi connectivity index (χ4v) is 5.26. The second kappa shape index (κ2) is 10.1. The molecule has 0 amide bonds. The predicted molar refractivity (Wildman–Crippen MR) is 136 cm³/mol. The maximum absolute atomic E-state index is 13.8. The van der Waals surface area contributed by atoms with E-state index in [-0.39, 0.29) is 23.2 Å². The number of aromatic hydroxyl groups is 1. The van der Waals surface area contributed by atoms with E-state index >= 15 is 0 Å². The van der Waals surface area contributed by atoms with Gasteiger partial charge < -0.3 is 14.6 Å². The molecule has 5 rings (SSSR count). The van der Waals surface area contributed by atoms with Crippen LogP contribution in [0.5, 0.6) is 23.0 Å². The summed E-state index contributed by atoms with van der Waals surface area (Å²) in [4.78, 5) is 16.0. The Labute approximate surface area is 207 Å². The first-order valence-electron chi connectivity index (χ1n) is 11.7. The van der Waals surface area contributed by atoms with E-state index in [9.17, 15) is 14.3 Å². The number of halogens is 1. The average molecular weight is 492 g/mol. The number of fused-ring (bicyclic) bond motifs is 1. The van der Waals surface area contributed by atoms with E-state index in [1.807, 2.05) is 24.3 Å². The molecular weight excluding hydrogens is 465 g/mol. The van der Waals surface area contributed by atoms with Crippen LogP contribution >= 0.6 is 11.3 Å². The molecule has 1 fully saturated rings. The van der Waals surface area contributed by atoms with Gasteiger partial charge in [-0.25, -0.2) is 4.39 Å². The number of benzene rings is 3. The predicted octanol–water partition coefficient (Wildman–Crippen LogP) is 6.63. The van der Waals surface area contributed by atoms with Crippen LogP contribution in [0.25, 0.3) is 10.1 Å². The van der Waals surface area contributed by atoms with E-state index in [4.69, 9.17) is 9.47 Å². The van der Waals surface area contributed by atoms with Crippen LogP contribution in [0.4, 0.5) is 4.39 Å². The maximum Gasteiger partial charge on any atom is 0.206 e. The van der Waals surface area contributed by atoms with Gasteiger partial charge in [0.25, 0.3) is 0 Å². The second-order valence-electron chi connectivity index (χ2n) is 8.71. The topological polar surface area (TPSA) is 59.0 Å². The third kappa shape index (κ3) is 5.16. The molecule has 0 bridgehead atoms. The molecule has 3 aromatic carbocycles. The van der Waals surface area contributed by atoms with Crippen molar-refractivity contribution >= 4 is 27.2 Å². The van der Waals surface area contributed by atoms with Crippen molar-refractivity contribution in [3.05, 3.63) is 83.0 Å². The number of likely N-dealkylation sites (tertiary alicyclic amines) is 1. The van der Waals surface area contributed by atoms with Crippen molar-refractivity contribution in [1.29, 1.82) is 0 Å². The van der Waals surface area contributed by atoms with E-state index in [1.165, 1.54) is 42.4 Å². The Morgan fingerprint density at radius 3 is 2.60 bits per heavy atom. The number of rotatable bonds is 9. The SMILES string of the molecule is CCCCN1CC(Oc2ccc(Oc3c(C(=O)c4cccc(F)c4)sc4cc(O)ccc34)cc2)C1. The van der Waals surface area contributed by atoms with Gasteiger partial charge in [-0.05, 0) is 67.6 Å². The van der Waals surface area contributed by atoms with Crippen molar-refractivity contribution in [2.24, 2.45) is 0 Å². The second-order valence-corrected chi connectivity index (χ2v) is 9.76. The van der Waals surface area contributed by atoms with E-state index in [0.717, 1.165) is 25.4 Å². The first kappa shape index (κ1) is 23.3. The molecule has 0 saturated carbocycles. The Bertz CT molecular complexity index is 1350. The summed E-state index contributed by atoms with van der Waals surface area (Å²) >= 11 is 1.21. The number of carbonyl (C=O) groups is 1. The van der Waals surface area contributed by atoms with Crippen LogP contribution in [0.3, 0.4) is 0 Å². The van der Waals surface area contributed by atoms with E-state index in [0.29, 0.717) is 26.5 Å². The fourth-order valence-electron chi connectivity index (χ4n) is 4.13. The monoisotopic (exact) mass is 491 g/mol. The summed E-state index contributed by atoms with van der Waals surface area (Å²) in [5, 5.41) is 10.6. The number of thiophene rings is 1. The smallest absolute Gasteiger partial charge is 0.206 e. The van der Waals surface area contributed by atoms with Crippen molar-refractivity contribution in [2.45, 2.75) is 25.9 Å². The van der Waals surface area contributed by atoms with Gasteiger partial charge in [-0.15, -0.1) is 11.3 Å². The van der Waals surface area contributed by atoms with Gasteiger partial charge in [0.2, 0.25) is 5.78 Å². The van der Waals surface area contributed by atoms with Gasteiger partial charge in [0.1, 0.15) is 34.0 Å². The highest BCUT2D eigenvalue weighted by Crippen LogP contribution is 2.43. The van der Waals surface area contributed by atoms with Crippen molar-refractivity contribution < 1.29 is 23.8 Å². The average Bonchev–Trinajstić information content (AvgIpc) is 3.18. The lowest BCUT2D eigenvalue weighted by Gasteiger charge is -2.39. The van der Waals surface area contributed by atoms with Crippen molar-refractivity contribution in [1.82, 2.24) is 4.90 Å². The Hall–Kier alpha value is -3.42. The van der Waals surface area contributed by atoms with Crippen molar-refractivity contribution in [3.63, 3.8) is 0 Å². The number of ether oxygens (including phenoxy) is 2. The number of hydrogen-bond donors (Lipinski definition) is 1. The minimum Gasteiger partial charge on any atom is -0.508 e. The lowest BCUT2D eigenvalue weighted by molar-refractivity contribution is 0.0193. The summed E-state index contributed by atoms with van der Waals surface area (Å²) in [6.07, 6.45) is 2.60. The Kier molecular flexibility index (Phi) is 6.70. The lowest BCUT2D eigenvalue weighted by atomic mass is 10.1. The largest absolute Gasteiger partial charge is 0.508 e. The first-order valence-corrected chi connectivity index (χ1v) is 12.5. The molecular formula is C28H26FNO4S. The molecule has 1 N–H and O–H groups in total. The molecule has 4 aromatic rings. The molecule has 1 saturated heterocycles. The van der Waals surface area contributed by atoms with Crippen LogP contribution in [0, 0.1) is 5.82 Å². The van der Waals surface area contributed by atoms with Crippen molar-refractivity contribution in [2.75, 3.05) is 19.6 Å². The minimum atomic E-state index is -0.479. The number of carbonyl (C=O) groups excluding carboxylic acids is 1. The molecule has 0 aliphatic carbocycles. The summed E-state index contributed by atoms with van der Waals surface area (Å²) in [6.45, 7) is 5.20. The van der Waals surface area contributed by atoms with Gasteiger partial charge >= 0.3 is 0 Å². The quantitative estimate of drug-likeness (QED) is 0.266. The molecule has 0 atom stereocenters. The lowest BCUT2D eigenvalue weighted by Crippen LogP contribution is -2.53. The van der Waals surface area contributed by atoms with Crippen LogP contribution in [0.2, 0.25) is 0 Å². The number of unbranched alkanes of at least 4 members (excludes halogenated alkanes) is 1. The highest BCUT2D eigenvalue weighted by atomic mass is 32.1. The van der Waals surface area contributed by atoms with Crippen molar-refractivity contribution in [3.8, 4) is 23.0 Å². The molecule has 1 aromatic heterocycles. The summed E-state index contributed by atoms with van der Waals surface area (Å²) in [6, 6.07) is 17.8. The molecule has 0 radical (unpaired) electrons.